The van der Waals surface area contributed by atoms with E-state index >= 15 is 0 Å². The summed E-state index contributed by atoms with van der Waals surface area (Å²) < 4.78 is 6.63. The Balaban J connectivity index is 1.86. The number of hydrogen-bond acceptors (Lipinski definition) is 6. The van der Waals surface area contributed by atoms with Crippen LogP contribution in [-0.4, -0.2) is 20.7 Å². The normalized spacial score (nSPS) is 10.4. The Morgan fingerprint density at radius 1 is 1.39 bits per heavy atom. The van der Waals surface area contributed by atoms with Crippen LogP contribution < -0.4 is 5.73 Å². The van der Waals surface area contributed by atoms with E-state index in [1.165, 1.54) is 6.20 Å². The predicted molar refractivity (Wildman–Crippen MR) is 82.4 cm³/mol. The van der Waals surface area contributed by atoms with Gasteiger partial charge in [-0.25, -0.2) is 4.98 Å². The minimum Gasteiger partial charge on any atom is -0.441 e. The lowest BCUT2D eigenvalue weighted by molar-refractivity contribution is 0.0900. The summed E-state index contributed by atoms with van der Waals surface area (Å²) in [6.45, 7) is 1.75. The van der Waals surface area contributed by atoms with Gasteiger partial charge in [0.05, 0.1) is 18.3 Å². The molecule has 7 heteroatoms. The highest BCUT2D eigenvalue weighted by Crippen LogP contribution is 2.22. The molecule has 0 unspecified atom stereocenters. The standard InChI is InChI=1S/C16H13N5O2/c1-10-13(20-16(23-10)11-5-3-2-4-6-11)7-14(22)21-15(18)12(8-17)9-19-21/h2-6,9H,7,18H2,1H3. The molecule has 0 aliphatic carbocycles. The van der Waals surface area contributed by atoms with E-state index in [-0.39, 0.29) is 23.7 Å². The first-order valence-electron chi connectivity index (χ1n) is 6.88. The highest BCUT2D eigenvalue weighted by atomic mass is 16.4. The molecule has 0 radical (unpaired) electrons. The largest absolute Gasteiger partial charge is 0.441 e. The highest BCUT2D eigenvalue weighted by Gasteiger charge is 2.19. The predicted octanol–water partition coefficient (Wildman–Crippen LogP) is 2.18. The molecule has 0 aliphatic rings. The van der Waals surface area contributed by atoms with E-state index in [2.05, 4.69) is 10.1 Å². The summed E-state index contributed by atoms with van der Waals surface area (Å²) in [6, 6.07) is 11.3. The van der Waals surface area contributed by atoms with Gasteiger partial charge in [-0.15, -0.1) is 0 Å². The van der Waals surface area contributed by atoms with Crippen LogP contribution in [0.3, 0.4) is 0 Å². The van der Waals surface area contributed by atoms with E-state index in [0.717, 1.165) is 10.2 Å². The Morgan fingerprint density at radius 2 is 2.13 bits per heavy atom. The van der Waals surface area contributed by atoms with E-state index < -0.39 is 0 Å². The van der Waals surface area contributed by atoms with Gasteiger partial charge in [-0.3, -0.25) is 4.79 Å². The fourth-order valence-corrected chi connectivity index (χ4v) is 2.16. The molecular formula is C16H13N5O2. The Hall–Kier alpha value is -3.40. The average Bonchev–Trinajstić information content (AvgIpc) is 3.11. The third-order valence-corrected chi connectivity index (χ3v) is 3.40. The molecule has 23 heavy (non-hydrogen) atoms. The van der Waals surface area contributed by atoms with Gasteiger partial charge >= 0.3 is 0 Å². The number of aryl methyl sites for hydroxylation is 1. The second-order valence-corrected chi connectivity index (χ2v) is 4.93. The molecule has 0 atom stereocenters. The number of rotatable bonds is 3. The molecule has 0 saturated heterocycles. The highest BCUT2D eigenvalue weighted by molar-refractivity contribution is 5.84. The number of benzene rings is 1. The van der Waals surface area contributed by atoms with E-state index in [1.807, 2.05) is 36.4 Å². The van der Waals surface area contributed by atoms with Gasteiger partial charge in [-0.1, -0.05) is 18.2 Å². The zero-order valence-electron chi connectivity index (χ0n) is 12.4. The summed E-state index contributed by atoms with van der Waals surface area (Å²) >= 11 is 0. The van der Waals surface area contributed by atoms with Gasteiger partial charge in [0.15, 0.2) is 0 Å². The molecule has 7 nitrogen and oxygen atoms in total. The SMILES string of the molecule is Cc1oc(-c2ccccc2)nc1CC(=O)n1ncc(C#N)c1N. The zero-order valence-corrected chi connectivity index (χ0v) is 12.4. The van der Waals surface area contributed by atoms with Gasteiger partial charge in [-0.05, 0) is 19.1 Å². The maximum Gasteiger partial charge on any atom is 0.254 e. The summed E-state index contributed by atoms with van der Waals surface area (Å²) in [5.74, 6) is 0.669. The van der Waals surface area contributed by atoms with Crippen LogP contribution in [0.4, 0.5) is 5.82 Å². The first kappa shape index (κ1) is 14.5. The lowest BCUT2D eigenvalue weighted by atomic mass is 10.2. The minimum absolute atomic E-state index is 0.0150. The number of carbonyl (C=O) groups excluding carboxylic acids is 1. The number of carbonyl (C=O) groups is 1. The van der Waals surface area contributed by atoms with Crippen molar-refractivity contribution in [1.29, 1.82) is 5.26 Å². The van der Waals surface area contributed by atoms with Crippen LogP contribution in [0.25, 0.3) is 11.5 Å². The number of anilines is 1. The number of nitrogens with two attached hydrogens (primary N) is 1. The molecule has 3 aromatic rings. The van der Waals surface area contributed by atoms with E-state index in [9.17, 15) is 4.79 Å². The fourth-order valence-electron chi connectivity index (χ4n) is 2.16. The lowest BCUT2D eigenvalue weighted by Crippen LogP contribution is -2.18. The van der Waals surface area contributed by atoms with Gasteiger partial charge in [0, 0.05) is 5.56 Å². The van der Waals surface area contributed by atoms with Crippen LogP contribution in [-0.2, 0) is 6.42 Å². The van der Waals surface area contributed by atoms with Crippen molar-refractivity contribution in [1.82, 2.24) is 14.8 Å². The molecule has 0 bridgehead atoms. The molecule has 0 saturated carbocycles. The van der Waals surface area contributed by atoms with E-state index in [0.29, 0.717) is 17.3 Å². The van der Waals surface area contributed by atoms with Crippen molar-refractivity contribution in [3.05, 3.63) is 53.5 Å². The summed E-state index contributed by atoms with van der Waals surface area (Å²) in [4.78, 5) is 16.7. The molecule has 0 spiro atoms. The molecule has 0 aliphatic heterocycles. The summed E-state index contributed by atoms with van der Waals surface area (Å²) in [7, 11) is 0. The molecule has 0 amide bonds. The van der Waals surface area contributed by atoms with Crippen LogP contribution in [0, 0.1) is 18.3 Å². The summed E-state index contributed by atoms with van der Waals surface area (Å²) in [6.07, 6.45) is 1.25. The molecule has 2 aromatic heterocycles. The van der Waals surface area contributed by atoms with Crippen LogP contribution in [0.2, 0.25) is 0 Å². The quantitative estimate of drug-likeness (QED) is 0.794. The number of aromatic nitrogens is 3. The fraction of sp³-hybridized carbons (Fsp3) is 0.125. The van der Waals surface area contributed by atoms with Crippen molar-refractivity contribution in [2.24, 2.45) is 0 Å². The second kappa shape index (κ2) is 5.77. The number of oxazole rings is 1. The van der Waals surface area contributed by atoms with Crippen LogP contribution >= 0.6 is 0 Å². The third-order valence-electron chi connectivity index (χ3n) is 3.40. The molecular weight excluding hydrogens is 294 g/mol. The monoisotopic (exact) mass is 307 g/mol. The topological polar surface area (TPSA) is 111 Å². The maximum absolute atomic E-state index is 12.3. The van der Waals surface area contributed by atoms with Crippen molar-refractivity contribution in [3.63, 3.8) is 0 Å². The zero-order chi connectivity index (χ0) is 16.4. The van der Waals surface area contributed by atoms with Crippen molar-refractivity contribution in [2.45, 2.75) is 13.3 Å². The van der Waals surface area contributed by atoms with Crippen molar-refractivity contribution >= 4 is 11.7 Å². The smallest absolute Gasteiger partial charge is 0.254 e. The molecule has 2 heterocycles. The Kier molecular flexibility index (Phi) is 3.65. The summed E-state index contributed by atoms with van der Waals surface area (Å²) in [5, 5.41) is 12.7. The Morgan fingerprint density at radius 3 is 2.78 bits per heavy atom. The van der Waals surface area contributed by atoms with Gasteiger partial charge in [-0.2, -0.15) is 15.0 Å². The average molecular weight is 307 g/mol. The number of nitrogens with zero attached hydrogens (tertiary/aromatic N) is 4. The number of nitriles is 1. The van der Waals surface area contributed by atoms with Crippen LogP contribution in [0.1, 0.15) is 21.8 Å². The van der Waals surface area contributed by atoms with Crippen molar-refractivity contribution in [3.8, 4) is 17.5 Å². The Bertz CT molecular complexity index is 902. The number of hydrogen-bond donors (Lipinski definition) is 1. The third kappa shape index (κ3) is 2.70. The molecule has 1 aromatic carbocycles. The van der Waals surface area contributed by atoms with E-state index in [4.69, 9.17) is 15.4 Å². The minimum atomic E-state index is -0.375. The molecule has 0 fully saturated rings. The van der Waals surface area contributed by atoms with Gasteiger partial charge < -0.3 is 10.2 Å². The molecule has 3 rings (SSSR count). The molecule has 114 valence electrons. The second-order valence-electron chi connectivity index (χ2n) is 4.93. The first-order chi connectivity index (χ1) is 11.1. The van der Waals surface area contributed by atoms with Crippen LogP contribution in [0.15, 0.2) is 40.9 Å². The lowest BCUT2D eigenvalue weighted by Gasteiger charge is -2.01. The Labute approximate surface area is 132 Å². The van der Waals surface area contributed by atoms with Gasteiger partial charge in [0.1, 0.15) is 23.2 Å². The molecule has 2 N–H and O–H groups in total. The van der Waals surface area contributed by atoms with Crippen LogP contribution in [0.5, 0.6) is 0 Å². The van der Waals surface area contributed by atoms with Gasteiger partial charge in [0.2, 0.25) is 5.89 Å². The summed E-state index contributed by atoms with van der Waals surface area (Å²) in [5.41, 5.74) is 7.23. The first-order valence-corrected chi connectivity index (χ1v) is 6.88. The number of nitrogen functional groups attached to an aromatic ring is 1. The van der Waals surface area contributed by atoms with E-state index in [1.54, 1.807) is 6.92 Å². The van der Waals surface area contributed by atoms with Crippen molar-refractivity contribution in [2.75, 3.05) is 5.73 Å². The maximum atomic E-state index is 12.3. The van der Waals surface area contributed by atoms with Crippen molar-refractivity contribution < 1.29 is 9.21 Å². The van der Waals surface area contributed by atoms with Gasteiger partial charge in [0.25, 0.3) is 5.91 Å².